The molecular formula is C24H24N4O3. The third-order valence-electron chi connectivity index (χ3n) is 5.23. The van der Waals surface area contributed by atoms with Crippen LogP contribution in [0, 0.1) is 13.8 Å². The number of carbonyl (C=O) groups is 1. The van der Waals surface area contributed by atoms with Gasteiger partial charge >= 0.3 is 0 Å². The highest BCUT2D eigenvalue weighted by Gasteiger charge is 2.15. The molecule has 1 amide bonds. The molecule has 0 bridgehead atoms. The van der Waals surface area contributed by atoms with E-state index in [1.54, 1.807) is 26.5 Å². The van der Waals surface area contributed by atoms with Crippen LogP contribution in [-0.2, 0) is 6.54 Å². The van der Waals surface area contributed by atoms with Crippen molar-refractivity contribution in [3.8, 4) is 17.2 Å². The lowest BCUT2D eigenvalue weighted by Crippen LogP contribution is -2.23. The number of amides is 1. The Bertz CT molecular complexity index is 1260. The number of carbonyl (C=O) groups excluding carboxylic acids is 1. The monoisotopic (exact) mass is 416 g/mol. The molecule has 1 N–H and O–H groups in total. The number of methoxy groups -OCH3 is 2. The Hall–Kier alpha value is -3.87. The molecule has 158 valence electrons. The lowest BCUT2D eigenvalue weighted by atomic mass is 10.1. The summed E-state index contributed by atoms with van der Waals surface area (Å²) in [5.41, 5.74) is 4.93. The molecule has 7 nitrogen and oxygen atoms in total. The van der Waals surface area contributed by atoms with Crippen LogP contribution >= 0.6 is 0 Å². The number of hydrogen-bond donors (Lipinski definition) is 1. The lowest BCUT2D eigenvalue weighted by molar-refractivity contribution is 0.0950. The Morgan fingerprint density at radius 2 is 1.90 bits per heavy atom. The molecule has 2 aromatic carbocycles. The van der Waals surface area contributed by atoms with Gasteiger partial charge < -0.3 is 14.8 Å². The van der Waals surface area contributed by atoms with Crippen molar-refractivity contribution >= 4 is 17.1 Å². The topological polar surface area (TPSA) is 78.3 Å². The molecule has 2 aromatic heterocycles. The van der Waals surface area contributed by atoms with Gasteiger partial charge in [0.05, 0.1) is 19.9 Å². The molecule has 0 atom stereocenters. The Balaban J connectivity index is 1.61. The molecule has 4 aromatic rings. The highest BCUT2D eigenvalue weighted by molar-refractivity contribution is 5.95. The number of rotatable bonds is 6. The van der Waals surface area contributed by atoms with E-state index in [1.165, 1.54) is 0 Å². The van der Waals surface area contributed by atoms with Crippen molar-refractivity contribution in [3.05, 3.63) is 77.2 Å². The fraction of sp³-hybridized carbons (Fsp3) is 0.208. The first-order valence-electron chi connectivity index (χ1n) is 9.92. The Kier molecular flexibility index (Phi) is 5.58. The van der Waals surface area contributed by atoms with Crippen LogP contribution in [0.1, 0.15) is 27.3 Å². The summed E-state index contributed by atoms with van der Waals surface area (Å²) in [6, 6.07) is 14.9. The van der Waals surface area contributed by atoms with Crippen LogP contribution in [0.15, 0.2) is 54.7 Å². The minimum absolute atomic E-state index is 0.172. The third kappa shape index (κ3) is 3.94. The van der Waals surface area contributed by atoms with Gasteiger partial charge in [0.15, 0.2) is 5.65 Å². The van der Waals surface area contributed by atoms with E-state index in [0.717, 1.165) is 33.8 Å². The molecule has 7 heteroatoms. The van der Waals surface area contributed by atoms with Crippen LogP contribution in [0.25, 0.3) is 16.9 Å². The van der Waals surface area contributed by atoms with Crippen molar-refractivity contribution in [3.63, 3.8) is 0 Å². The predicted molar refractivity (Wildman–Crippen MR) is 119 cm³/mol. The number of imidazole rings is 1. The zero-order chi connectivity index (χ0) is 22.0. The molecule has 31 heavy (non-hydrogen) atoms. The molecule has 0 saturated heterocycles. The first kappa shape index (κ1) is 20.4. The van der Waals surface area contributed by atoms with Crippen LogP contribution in [0.4, 0.5) is 0 Å². The van der Waals surface area contributed by atoms with Gasteiger partial charge in [-0.1, -0.05) is 6.07 Å². The maximum Gasteiger partial charge on any atom is 0.251 e. The number of pyridine rings is 1. The van der Waals surface area contributed by atoms with Gasteiger partial charge in [-0.05, 0) is 55.8 Å². The fourth-order valence-electron chi connectivity index (χ4n) is 3.58. The normalized spacial score (nSPS) is 10.8. The number of hydrogen-bond acceptors (Lipinski definition) is 5. The van der Waals surface area contributed by atoms with Crippen LogP contribution in [0.2, 0.25) is 0 Å². The summed E-state index contributed by atoms with van der Waals surface area (Å²) in [6.07, 6.45) is 1.74. The summed E-state index contributed by atoms with van der Waals surface area (Å²) in [5, 5.41) is 2.97. The van der Waals surface area contributed by atoms with E-state index in [2.05, 4.69) is 15.3 Å². The number of nitrogens with zero attached hydrogens (tertiary/aromatic N) is 3. The Morgan fingerprint density at radius 3 is 2.68 bits per heavy atom. The van der Waals surface area contributed by atoms with E-state index >= 15 is 0 Å². The second kappa shape index (κ2) is 8.47. The van der Waals surface area contributed by atoms with E-state index < -0.39 is 0 Å². The van der Waals surface area contributed by atoms with Crippen LogP contribution in [0.3, 0.4) is 0 Å². The average molecular weight is 416 g/mol. The second-order valence-electron chi connectivity index (χ2n) is 7.20. The molecule has 0 fully saturated rings. The van der Waals surface area contributed by atoms with E-state index in [9.17, 15) is 4.79 Å². The van der Waals surface area contributed by atoms with Gasteiger partial charge in [-0.3, -0.25) is 9.36 Å². The maximum atomic E-state index is 12.9. The molecule has 0 unspecified atom stereocenters. The second-order valence-corrected chi connectivity index (χ2v) is 7.20. The number of aryl methyl sites for hydroxylation is 2. The van der Waals surface area contributed by atoms with Crippen molar-refractivity contribution in [1.29, 1.82) is 0 Å². The standard InChI is InChI=1S/C24H24N4O3/c1-15-7-8-17(12-21(15)28-16(2)27-20-6-5-11-25-23(20)28)24(29)26-14-18-9-10-19(30-3)13-22(18)31-4/h5-13H,14H2,1-4H3,(H,26,29). The molecule has 0 saturated carbocycles. The molecule has 0 spiro atoms. The maximum absolute atomic E-state index is 12.9. The molecule has 0 aliphatic heterocycles. The van der Waals surface area contributed by atoms with Gasteiger partial charge in [0, 0.05) is 29.9 Å². The first-order valence-corrected chi connectivity index (χ1v) is 9.92. The summed E-state index contributed by atoms with van der Waals surface area (Å²) < 4.78 is 12.6. The third-order valence-corrected chi connectivity index (χ3v) is 5.23. The highest BCUT2D eigenvalue weighted by atomic mass is 16.5. The van der Waals surface area contributed by atoms with Gasteiger partial charge in [0.1, 0.15) is 22.8 Å². The first-order chi connectivity index (χ1) is 15.0. The van der Waals surface area contributed by atoms with Crippen LogP contribution < -0.4 is 14.8 Å². The highest BCUT2D eigenvalue weighted by Crippen LogP contribution is 2.25. The zero-order valence-electron chi connectivity index (χ0n) is 18.0. The lowest BCUT2D eigenvalue weighted by Gasteiger charge is -2.14. The molecule has 2 heterocycles. The van der Waals surface area contributed by atoms with Gasteiger partial charge in [-0.25, -0.2) is 9.97 Å². The number of ether oxygens (including phenoxy) is 2. The van der Waals surface area contributed by atoms with Crippen molar-refractivity contribution in [1.82, 2.24) is 19.9 Å². The minimum atomic E-state index is -0.172. The van der Waals surface area contributed by atoms with Gasteiger partial charge in [0.2, 0.25) is 0 Å². The van der Waals surface area contributed by atoms with Gasteiger partial charge in [-0.2, -0.15) is 0 Å². The van der Waals surface area contributed by atoms with E-state index in [1.807, 2.05) is 60.9 Å². The average Bonchev–Trinajstić information content (AvgIpc) is 3.13. The molecule has 0 aliphatic rings. The minimum Gasteiger partial charge on any atom is -0.497 e. The summed E-state index contributed by atoms with van der Waals surface area (Å²) >= 11 is 0. The number of fused-ring (bicyclic) bond motifs is 1. The van der Waals surface area contributed by atoms with E-state index in [4.69, 9.17) is 9.47 Å². The van der Waals surface area contributed by atoms with Crippen molar-refractivity contribution < 1.29 is 14.3 Å². The van der Waals surface area contributed by atoms with E-state index in [0.29, 0.717) is 23.6 Å². The molecule has 0 radical (unpaired) electrons. The predicted octanol–water partition coefficient (Wildman–Crippen LogP) is 3.98. The number of benzene rings is 2. The Morgan fingerprint density at radius 1 is 1.06 bits per heavy atom. The van der Waals surface area contributed by atoms with Crippen molar-refractivity contribution in [2.45, 2.75) is 20.4 Å². The SMILES string of the molecule is COc1ccc(CNC(=O)c2ccc(C)c(-n3c(C)nc4cccnc43)c2)c(OC)c1. The number of aromatic nitrogens is 3. The van der Waals surface area contributed by atoms with Gasteiger partial charge in [0.25, 0.3) is 5.91 Å². The molecular weight excluding hydrogens is 392 g/mol. The summed E-state index contributed by atoms with van der Waals surface area (Å²) in [5.74, 6) is 2.01. The van der Waals surface area contributed by atoms with E-state index in [-0.39, 0.29) is 5.91 Å². The summed E-state index contributed by atoms with van der Waals surface area (Å²) in [4.78, 5) is 22.0. The van der Waals surface area contributed by atoms with Crippen LogP contribution in [-0.4, -0.2) is 34.7 Å². The largest absolute Gasteiger partial charge is 0.497 e. The summed E-state index contributed by atoms with van der Waals surface area (Å²) in [6.45, 7) is 4.28. The van der Waals surface area contributed by atoms with Crippen molar-refractivity contribution in [2.75, 3.05) is 14.2 Å². The molecule has 0 aliphatic carbocycles. The zero-order valence-corrected chi connectivity index (χ0v) is 18.0. The Labute approximate surface area is 180 Å². The van der Waals surface area contributed by atoms with Crippen LogP contribution in [0.5, 0.6) is 11.5 Å². The quantitative estimate of drug-likeness (QED) is 0.514. The summed E-state index contributed by atoms with van der Waals surface area (Å²) in [7, 11) is 3.20. The van der Waals surface area contributed by atoms with Crippen molar-refractivity contribution in [2.24, 2.45) is 0 Å². The van der Waals surface area contributed by atoms with Gasteiger partial charge in [-0.15, -0.1) is 0 Å². The smallest absolute Gasteiger partial charge is 0.251 e. The fourth-order valence-corrected chi connectivity index (χ4v) is 3.58. The molecule has 4 rings (SSSR count). The number of nitrogens with one attached hydrogen (secondary N) is 1.